The topological polar surface area (TPSA) is 37.3 Å². The first kappa shape index (κ1) is 15.7. The van der Waals surface area contributed by atoms with Crippen LogP contribution >= 0.6 is 0 Å². The number of aliphatic carboxylic acids is 1. The molecule has 0 bridgehead atoms. The largest absolute Gasteiger partial charge is 0.478 e. The predicted octanol–water partition coefficient (Wildman–Crippen LogP) is 4.35. The van der Waals surface area contributed by atoms with Crippen molar-refractivity contribution in [3.63, 3.8) is 0 Å². The zero-order chi connectivity index (χ0) is 13.6. The van der Waals surface area contributed by atoms with E-state index in [-0.39, 0.29) is 5.92 Å². The highest BCUT2D eigenvalue weighted by atomic mass is 16.4. The van der Waals surface area contributed by atoms with E-state index in [9.17, 15) is 4.79 Å². The maximum absolute atomic E-state index is 11.1. The Kier molecular flexibility index (Phi) is 6.55. The lowest BCUT2D eigenvalue weighted by Gasteiger charge is -2.17. The lowest BCUT2D eigenvalue weighted by atomic mass is 9.88. The van der Waals surface area contributed by atoms with Crippen LogP contribution in [0.3, 0.4) is 0 Å². The molecule has 96 valence electrons. The summed E-state index contributed by atoms with van der Waals surface area (Å²) < 4.78 is 0. The zero-order valence-electron chi connectivity index (χ0n) is 11.6. The molecule has 0 fully saturated rings. The minimum absolute atomic E-state index is 0.214. The molecule has 0 aromatic carbocycles. The van der Waals surface area contributed by atoms with Crippen molar-refractivity contribution in [3.05, 3.63) is 34.9 Å². The fraction of sp³-hybridized carbons (Fsp3) is 0.533. The molecule has 0 saturated heterocycles. The zero-order valence-corrected chi connectivity index (χ0v) is 11.6. The Labute approximate surface area is 105 Å². The van der Waals surface area contributed by atoms with E-state index in [0.29, 0.717) is 12.0 Å². The van der Waals surface area contributed by atoms with Gasteiger partial charge in [0.25, 0.3) is 0 Å². The van der Waals surface area contributed by atoms with E-state index < -0.39 is 5.97 Å². The van der Waals surface area contributed by atoms with Crippen molar-refractivity contribution in [1.82, 2.24) is 0 Å². The molecule has 0 aliphatic rings. The van der Waals surface area contributed by atoms with Gasteiger partial charge in [-0.25, -0.2) is 4.79 Å². The third-order valence-electron chi connectivity index (χ3n) is 2.82. The maximum Gasteiger partial charge on any atom is 0.331 e. The summed E-state index contributed by atoms with van der Waals surface area (Å²) in [4.78, 5) is 11.1. The van der Waals surface area contributed by atoms with Crippen molar-refractivity contribution in [2.75, 3.05) is 0 Å². The Hall–Kier alpha value is -1.31. The predicted molar refractivity (Wildman–Crippen MR) is 73.0 cm³/mol. The SMILES string of the molecule is C=C(C)C(CC=C(C)C)CC(C(=O)O)=C(C)C. The van der Waals surface area contributed by atoms with Gasteiger partial charge in [0.15, 0.2) is 0 Å². The molecule has 0 aliphatic heterocycles. The molecule has 1 atom stereocenters. The van der Waals surface area contributed by atoms with E-state index in [1.54, 1.807) is 0 Å². The van der Waals surface area contributed by atoms with Gasteiger partial charge >= 0.3 is 5.97 Å². The summed E-state index contributed by atoms with van der Waals surface area (Å²) >= 11 is 0. The van der Waals surface area contributed by atoms with Crippen LogP contribution in [0.2, 0.25) is 0 Å². The number of hydrogen-bond donors (Lipinski definition) is 1. The fourth-order valence-corrected chi connectivity index (χ4v) is 1.59. The van der Waals surface area contributed by atoms with Gasteiger partial charge in [-0.3, -0.25) is 0 Å². The minimum atomic E-state index is -0.812. The van der Waals surface area contributed by atoms with Crippen molar-refractivity contribution in [3.8, 4) is 0 Å². The lowest BCUT2D eigenvalue weighted by Crippen LogP contribution is -2.10. The molecule has 1 unspecified atom stereocenters. The second kappa shape index (κ2) is 7.10. The third-order valence-corrected chi connectivity index (χ3v) is 2.82. The quantitative estimate of drug-likeness (QED) is 0.550. The van der Waals surface area contributed by atoms with Crippen LogP contribution in [0.1, 0.15) is 47.5 Å². The Bertz CT molecular complexity index is 351. The second-order valence-corrected chi connectivity index (χ2v) is 5.05. The van der Waals surface area contributed by atoms with E-state index in [1.807, 2.05) is 20.8 Å². The molecular weight excluding hydrogens is 212 g/mol. The van der Waals surface area contributed by atoms with Gasteiger partial charge in [0.1, 0.15) is 0 Å². The van der Waals surface area contributed by atoms with Gasteiger partial charge in [-0.2, -0.15) is 0 Å². The average Bonchev–Trinajstić information content (AvgIpc) is 2.15. The Morgan fingerprint density at radius 1 is 1.24 bits per heavy atom. The fourth-order valence-electron chi connectivity index (χ4n) is 1.59. The highest BCUT2D eigenvalue weighted by Crippen LogP contribution is 2.25. The Morgan fingerprint density at radius 3 is 2.06 bits per heavy atom. The molecule has 0 heterocycles. The standard InChI is InChI=1S/C15H24O2/c1-10(2)7-8-13(11(3)4)9-14(12(5)6)15(16)17/h7,13H,3,8-9H2,1-2,4-6H3,(H,16,17). The third kappa shape index (κ3) is 6.10. The normalized spacial score (nSPS) is 11.6. The summed E-state index contributed by atoms with van der Waals surface area (Å²) in [6.07, 6.45) is 3.57. The van der Waals surface area contributed by atoms with Crippen molar-refractivity contribution in [2.45, 2.75) is 47.5 Å². The highest BCUT2D eigenvalue weighted by Gasteiger charge is 2.16. The second-order valence-electron chi connectivity index (χ2n) is 5.05. The van der Waals surface area contributed by atoms with Crippen LogP contribution in [0.25, 0.3) is 0 Å². The van der Waals surface area contributed by atoms with Crippen molar-refractivity contribution < 1.29 is 9.90 Å². The molecular formula is C15H24O2. The molecule has 0 aliphatic carbocycles. The Morgan fingerprint density at radius 2 is 1.76 bits per heavy atom. The molecule has 0 radical (unpaired) electrons. The van der Waals surface area contributed by atoms with Gasteiger partial charge in [-0.15, -0.1) is 0 Å². The first-order valence-corrected chi connectivity index (χ1v) is 5.94. The summed E-state index contributed by atoms with van der Waals surface area (Å²) in [7, 11) is 0. The van der Waals surface area contributed by atoms with E-state index in [1.165, 1.54) is 5.57 Å². The van der Waals surface area contributed by atoms with Crippen molar-refractivity contribution in [1.29, 1.82) is 0 Å². The number of rotatable bonds is 6. The smallest absolute Gasteiger partial charge is 0.331 e. The lowest BCUT2D eigenvalue weighted by molar-refractivity contribution is -0.132. The van der Waals surface area contributed by atoms with Gasteiger partial charge < -0.3 is 5.11 Å². The van der Waals surface area contributed by atoms with Crippen LogP contribution in [0.5, 0.6) is 0 Å². The molecule has 0 rings (SSSR count). The number of carbonyl (C=O) groups is 1. The summed E-state index contributed by atoms with van der Waals surface area (Å²) in [6.45, 7) is 13.7. The monoisotopic (exact) mass is 236 g/mol. The van der Waals surface area contributed by atoms with Crippen molar-refractivity contribution in [2.24, 2.45) is 5.92 Å². The summed E-state index contributed by atoms with van der Waals surface area (Å²) in [5.41, 5.74) is 3.69. The summed E-state index contributed by atoms with van der Waals surface area (Å²) in [6, 6.07) is 0. The summed E-state index contributed by atoms with van der Waals surface area (Å²) in [5, 5.41) is 9.15. The molecule has 1 N–H and O–H groups in total. The van der Waals surface area contributed by atoms with Crippen LogP contribution in [0.4, 0.5) is 0 Å². The molecule has 0 amide bonds. The maximum atomic E-state index is 11.1. The van der Waals surface area contributed by atoms with Crippen molar-refractivity contribution >= 4 is 5.97 Å². The first-order chi connectivity index (χ1) is 7.75. The molecule has 2 nitrogen and oxygen atoms in total. The minimum Gasteiger partial charge on any atom is -0.478 e. The van der Waals surface area contributed by atoms with Crippen LogP contribution in [-0.2, 0) is 4.79 Å². The molecule has 0 spiro atoms. The van der Waals surface area contributed by atoms with E-state index in [0.717, 1.165) is 17.6 Å². The first-order valence-electron chi connectivity index (χ1n) is 5.94. The molecule has 0 saturated carbocycles. The van der Waals surface area contributed by atoms with Gasteiger partial charge in [-0.1, -0.05) is 29.4 Å². The van der Waals surface area contributed by atoms with E-state index >= 15 is 0 Å². The molecule has 0 aromatic rings. The summed E-state index contributed by atoms with van der Waals surface area (Å²) in [5.74, 6) is -0.598. The number of carboxylic acid groups (broad SMARTS) is 1. The van der Waals surface area contributed by atoms with Gasteiger partial charge in [0.05, 0.1) is 0 Å². The van der Waals surface area contributed by atoms with Gasteiger partial charge in [-0.05, 0) is 53.4 Å². The number of hydrogen-bond acceptors (Lipinski definition) is 1. The number of allylic oxidation sites excluding steroid dienone is 4. The van der Waals surface area contributed by atoms with Crippen LogP contribution in [-0.4, -0.2) is 11.1 Å². The van der Waals surface area contributed by atoms with Crippen LogP contribution < -0.4 is 0 Å². The number of carboxylic acids is 1. The van der Waals surface area contributed by atoms with Gasteiger partial charge in [0.2, 0.25) is 0 Å². The Balaban J connectivity index is 4.88. The van der Waals surface area contributed by atoms with Crippen LogP contribution in [0.15, 0.2) is 34.9 Å². The van der Waals surface area contributed by atoms with Gasteiger partial charge in [0, 0.05) is 5.57 Å². The van der Waals surface area contributed by atoms with E-state index in [2.05, 4.69) is 26.5 Å². The van der Waals surface area contributed by atoms with E-state index in [4.69, 9.17) is 5.11 Å². The average molecular weight is 236 g/mol. The molecule has 0 aromatic heterocycles. The molecule has 2 heteroatoms. The highest BCUT2D eigenvalue weighted by molar-refractivity contribution is 5.87. The van der Waals surface area contributed by atoms with Crippen LogP contribution in [0, 0.1) is 5.92 Å². The molecule has 17 heavy (non-hydrogen) atoms.